The van der Waals surface area contributed by atoms with Crippen LogP contribution >= 0.6 is 0 Å². The molecule has 3 aromatic heterocycles. The van der Waals surface area contributed by atoms with Crippen molar-refractivity contribution in [2.24, 2.45) is 0 Å². The van der Waals surface area contributed by atoms with Gasteiger partial charge in [-0.05, 0) is 89.5 Å². The number of hydrogen-bond donors (Lipinski definition) is 0. The van der Waals surface area contributed by atoms with Gasteiger partial charge < -0.3 is 22.9 Å². The Balaban J connectivity index is 0.971. The lowest BCUT2D eigenvalue weighted by molar-refractivity contribution is 0.479. The predicted octanol–water partition coefficient (Wildman–Crippen LogP) is 12.7. The molecule has 2 aliphatic rings. The van der Waals surface area contributed by atoms with Crippen molar-refractivity contribution >= 4 is 83.4 Å². The Labute approximate surface area is 344 Å². The summed E-state index contributed by atoms with van der Waals surface area (Å²) >= 11 is 0. The molecular formula is C54H31BN2O3. The van der Waals surface area contributed by atoms with E-state index >= 15 is 0 Å². The molecule has 0 radical (unpaired) electrons. The van der Waals surface area contributed by atoms with Gasteiger partial charge in [0, 0.05) is 60.6 Å². The van der Waals surface area contributed by atoms with Crippen molar-refractivity contribution < 1.29 is 13.8 Å². The molecule has 0 spiro atoms. The van der Waals surface area contributed by atoms with Gasteiger partial charge in [0.2, 0.25) is 0 Å². The average Bonchev–Trinajstić information content (AvgIpc) is 3.96. The number of ether oxygens (including phenoxy) is 1. The lowest BCUT2D eigenvalue weighted by Crippen LogP contribution is -2.53. The van der Waals surface area contributed by atoms with Gasteiger partial charge in [-0.25, -0.2) is 0 Å². The first-order chi connectivity index (χ1) is 29.7. The maximum Gasteiger partial charge on any atom is 0.434 e. The number of benzene rings is 9. The molecular weight excluding hydrogens is 735 g/mol. The molecule has 60 heavy (non-hydrogen) atoms. The SMILES string of the molecule is c1ccc2c(c1)Oc1cc(-n3c4ccccc4c4cc(-n5c6ccccc6c6ccccc65)ccc43)cc3c1B2Oc1cc(-c2ccc4oc5ccccc5c4c2)ccc1-3. The standard InChI is InChI=1S/C54H31BN2O3/c1-6-16-45-36(11-1)37-12-2-7-17-46(37)56(45)34-23-25-48-41(29-34)38-13-3-8-18-47(38)57(48)35-30-43-40-24-21-33(32-22-26-50-42(27-32)39-14-4-9-19-49(39)58-50)28-52(40)60-55-44-15-5-10-20-51(44)59-53(31-35)54(43)55/h1-31H. The summed E-state index contributed by atoms with van der Waals surface area (Å²) in [6.07, 6.45) is 0. The summed E-state index contributed by atoms with van der Waals surface area (Å²) in [5.41, 5.74) is 15.0. The van der Waals surface area contributed by atoms with E-state index < -0.39 is 0 Å². The minimum atomic E-state index is -0.316. The first kappa shape index (κ1) is 32.1. The Morgan fingerprint density at radius 1 is 0.367 bits per heavy atom. The van der Waals surface area contributed by atoms with E-state index in [2.05, 4.69) is 173 Å². The van der Waals surface area contributed by atoms with Crippen LogP contribution in [0.3, 0.4) is 0 Å². The maximum atomic E-state index is 7.04. The third kappa shape index (κ3) is 4.37. The van der Waals surface area contributed by atoms with Gasteiger partial charge in [0.25, 0.3) is 0 Å². The Bertz CT molecular complexity index is 3760. The monoisotopic (exact) mass is 766 g/mol. The van der Waals surface area contributed by atoms with E-state index in [0.29, 0.717) is 0 Å². The van der Waals surface area contributed by atoms with E-state index in [-0.39, 0.29) is 6.92 Å². The molecule has 0 amide bonds. The molecule has 14 rings (SSSR count). The molecule has 0 aliphatic carbocycles. The first-order valence-corrected chi connectivity index (χ1v) is 20.4. The van der Waals surface area contributed by atoms with Crippen LogP contribution in [0.15, 0.2) is 192 Å². The number of fused-ring (bicyclic) bond motifs is 13. The minimum Gasteiger partial charge on any atom is -0.551 e. The van der Waals surface area contributed by atoms with Crippen LogP contribution in [0.25, 0.3) is 99.2 Å². The third-order valence-corrected chi connectivity index (χ3v) is 12.8. The number of aromatic nitrogens is 2. The van der Waals surface area contributed by atoms with Gasteiger partial charge in [-0.2, -0.15) is 0 Å². The molecule has 278 valence electrons. The minimum absolute atomic E-state index is 0.316. The van der Waals surface area contributed by atoms with Crippen molar-refractivity contribution in [3.8, 4) is 50.9 Å². The Kier molecular flexibility index (Phi) is 6.31. The number of para-hydroxylation sites is 5. The highest BCUT2D eigenvalue weighted by atomic mass is 16.5. The number of hydrogen-bond acceptors (Lipinski definition) is 3. The van der Waals surface area contributed by atoms with Crippen molar-refractivity contribution in [3.63, 3.8) is 0 Å². The van der Waals surface area contributed by atoms with Gasteiger partial charge >= 0.3 is 6.92 Å². The first-order valence-electron chi connectivity index (χ1n) is 20.4. The summed E-state index contributed by atoms with van der Waals surface area (Å²) in [6.45, 7) is -0.316. The molecule has 5 heterocycles. The van der Waals surface area contributed by atoms with E-state index in [9.17, 15) is 0 Å². The zero-order chi connectivity index (χ0) is 39.1. The number of nitrogens with zero attached hydrogens (tertiary/aromatic N) is 2. The third-order valence-electron chi connectivity index (χ3n) is 12.8. The second kappa shape index (κ2) is 11.8. The van der Waals surface area contributed by atoms with Gasteiger partial charge in [-0.1, -0.05) is 109 Å². The molecule has 0 saturated heterocycles. The van der Waals surface area contributed by atoms with Crippen LogP contribution in [-0.2, 0) is 0 Å². The molecule has 0 bridgehead atoms. The average molecular weight is 767 g/mol. The molecule has 12 aromatic rings. The molecule has 0 saturated carbocycles. The highest BCUT2D eigenvalue weighted by molar-refractivity contribution is 6.84. The largest absolute Gasteiger partial charge is 0.551 e. The van der Waals surface area contributed by atoms with Gasteiger partial charge in [0.1, 0.15) is 28.4 Å². The topological polar surface area (TPSA) is 41.5 Å². The Hall–Kier alpha value is -7.96. The molecule has 0 unspecified atom stereocenters. The van der Waals surface area contributed by atoms with Crippen molar-refractivity contribution in [1.82, 2.24) is 9.13 Å². The second-order valence-electron chi connectivity index (χ2n) is 16.0. The molecule has 0 N–H and O–H groups in total. The number of furan rings is 1. The molecule has 2 aliphatic heterocycles. The molecule has 0 fully saturated rings. The van der Waals surface area contributed by atoms with Crippen molar-refractivity contribution in [2.45, 2.75) is 0 Å². The number of rotatable bonds is 3. The predicted molar refractivity (Wildman–Crippen MR) is 245 cm³/mol. The summed E-state index contributed by atoms with van der Waals surface area (Å²) in [7, 11) is 0. The molecule has 6 heteroatoms. The van der Waals surface area contributed by atoms with E-state index in [1.54, 1.807) is 0 Å². The summed E-state index contributed by atoms with van der Waals surface area (Å²) in [5.74, 6) is 2.47. The zero-order valence-electron chi connectivity index (χ0n) is 32.1. The van der Waals surface area contributed by atoms with Crippen LogP contribution in [-0.4, -0.2) is 16.0 Å². The van der Waals surface area contributed by atoms with Crippen LogP contribution in [0.4, 0.5) is 0 Å². The summed E-state index contributed by atoms with van der Waals surface area (Å²) in [5, 5.41) is 7.11. The summed E-state index contributed by atoms with van der Waals surface area (Å²) in [4.78, 5) is 0. The fourth-order valence-corrected chi connectivity index (χ4v) is 10.1. The highest BCUT2D eigenvalue weighted by Crippen LogP contribution is 2.44. The lowest BCUT2D eigenvalue weighted by Gasteiger charge is -2.33. The van der Waals surface area contributed by atoms with Gasteiger partial charge in [-0.3, -0.25) is 0 Å². The Morgan fingerprint density at radius 3 is 1.78 bits per heavy atom. The van der Waals surface area contributed by atoms with Crippen LogP contribution in [0.5, 0.6) is 17.2 Å². The van der Waals surface area contributed by atoms with Crippen LogP contribution in [0, 0.1) is 0 Å². The van der Waals surface area contributed by atoms with Gasteiger partial charge in [-0.15, -0.1) is 0 Å². The molecule has 5 nitrogen and oxygen atoms in total. The van der Waals surface area contributed by atoms with E-state index in [1.807, 2.05) is 24.3 Å². The van der Waals surface area contributed by atoms with Crippen molar-refractivity contribution in [1.29, 1.82) is 0 Å². The van der Waals surface area contributed by atoms with Gasteiger partial charge in [0.05, 0.1) is 27.8 Å². The smallest absolute Gasteiger partial charge is 0.434 e. The van der Waals surface area contributed by atoms with E-state index in [0.717, 1.165) is 94.8 Å². The van der Waals surface area contributed by atoms with E-state index in [1.165, 1.54) is 32.6 Å². The second-order valence-corrected chi connectivity index (χ2v) is 16.0. The van der Waals surface area contributed by atoms with E-state index in [4.69, 9.17) is 13.8 Å². The normalized spacial score (nSPS) is 12.9. The summed E-state index contributed by atoms with van der Waals surface area (Å²) in [6, 6.07) is 67.1. The van der Waals surface area contributed by atoms with Crippen LogP contribution < -0.4 is 20.3 Å². The highest BCUT2D eigenvalue weighted by Gasteiger charge is 2.41. The summed E-state index contributed by atoms with van der Waals surface area (Å²) < 4.78 is 24.8. The lowest BCUT2D eigenvalue weighted by atomic mass is 9.51. The zero-order valence-corrected chi connectivity index (χ0v) is 32.1. The fraction of sp³-hybridized carbons (Fsp3) is 0. The van der Waals surface area contributed by atoms with Gasteiger partial charge in [0.15, 0.2) is 0 Å². The molecule has 9 aromatic carbocycles. The quantitative estimate of drug-likeness (QED) is 0.168. The van der Waals surface area contributed by atoms with Crippen LogP contribution in [0.2, 0.25) is 0 Å². The Morgan fingerprint density at radius 2 is 0.983 bits per heavy atom. The van der Waals surface area contributed by atoms with Crippen molar-refractivity contribution in [2.75, 3.05) is 0 Å². The molecule has 0 atom stereocenters. The maximum absolute atomic E-state index is 7.04. The van der Waals surface area contributed by atoms with Crippen molar-refractivity contribution in [3.05, 3.63) is 188 Å². The fourth-order valence-electron chi connectivity index (χ4n) is 10.1. The van der Waals surface area contributed by atoms with Crippen LogP contribution in [0.1, 0.15) is 0 Å².